The van der Waals surface area contributed by atoms with Crippen molar-refractivity contribution in [3.8, 4) is 0 Å². The van der Waals surface area contributed by atoms with E-state index in [9.17, 15) is 0 Å². The molecule has 2 aromatic rings. The first-order chi connectivity index (χ1) is 10.1. The van der Waals surface area contributed by atoms with Gasteiger partial charge in [-0.25, -0.2) is 4.98 Å². The van der Waals surface area contributed by atoms with Gasteiger partial charge >= 0.3 is 0 Å². The lowest BCUT2D eigenvalue weighted by atomic mass is 10.3. The number of aromatic nitrogens is 2. The summed E-state index contributed by atoms with van der Waals surface area (Å²) in [6, 6.07) is 9.89. The summed E-state index contributed by atoms with van der Waals surface area (Å²) in [6.45, 7) is 6.35. The highest BCUT2D eigenvalue weighted by Gasteiger charge is 2.08. The molecular formula is C16H21ClN4. The summed E-state index contributed by atoms with van der Waals surface area (Å²) in [4.78, 5) is 11.2. The third-order valence-corrected chi connectivity index (χ3v) is 3.53. The molecule has 21 heavy (non-hydrogen) atoms. The summed E-state index contributed by atoms with van der Waals surface area (Å²) in [5, 5.41) is 3.95. The molecule has 0 atom stereocenters. The summed E-state index contributed by atoms with van der Waals surface area (Å²) in [5.74, 6) is 0.899. The zero-order valence-electron chi connectivity index (χ0n) is 12.7. The summed E-state index contributed by atoms with van der Waals surface area (Å²) in [7, 11) is 2.01. The molecule has 0 spiro atoms. The fourth-order valence-corrected chi connectivity index (χ4v) is 2.24. The van der Waals surface area contributed by atoms with Crippen molar-refractivity contribution in [2.24, 2.45) is 0 Å². The number of nitrogens with zero attached hydrogens (tertiary/aromatic N) is 3. The molecule has 0 amide bonds. The number of nitrogens with one attached hydrogen (secondary N) is 1. The van der Waals surface area contributed by atoms with Crippen molar-refractivity contribution in [1.29, 1.82) is 0 Å². The minimum atomic E-state index is 0.680. The van der Waals surface area contributed by atoms with Crippen LogP contribution in [-0.2, 0) is 13.1 Å². The van der Waals surface area contributed by atoms with E-state index in [1.54, 1.807) is 0 Å². The molecule has 2 aromatic heterocycles. The van der Waals surface area contributed by atoms with Gasteiger partial charge in [-0.2, -0.15) is 0 Å². The molecule has 0 unspecified atom stereocenters. The molecule has 0 aliphatic carbocycles. The maximum absolute atomic E-state index is 6.18. The minimum Gasteiger partial charge on any atom is -0.354 e. The van der Waals surface area contributed by atoms with Gasteiger partial charge in [0.05, 0.1) is 23.0 Å². The average molecular weight is 305 g/mol. The van der Waals surface area contributed by atoms with Crippen molar-refractivity contribution in [1.82, 2.24) is 15.3 Å². The molecule has 0 aliphatic heterocycles. The standard InChI is InChI=1S/C16H21ClN4/c1-4-18-10-15-14(17)8-9-16(20-15)21(3)11-13-7-5-6-12(2)19-13/h5-9,18H,4,10-11H2,1-3H3. The molecule has 0 saturated heterocycles. The molecule has 1 N–H and O–H groups in total. The van der Waals surface area contributed by atoms with E-state index in [2.05, 4.69) is 27.1 Å². The van der Waals surface area contributed by atoms with E-state index in [1.165, 1.54) is 0 Å². The van der Waals surface area contributed by atoms with E-state index in [-0.39, 0.29) is 0 Å². The highest BCUT2D eigenvalue weighted by atomic mass is 35.5. The van der Waals surface area contributed by atoms with Crippen LogP contribution in [0.4, 0.5) is 5.82 Å². The summed E-state index contributed by atoms with van der Waals surface area (Å²) in [6.07, 6.45) is 0. The van der Waals surface area contributed by atoms with Crippen LogP contribution in [0.3, 0.4) is 0 Å². The van der Waals surface area contributed by atoms with Crippen LogP contribution in [0, 0.1) is 6.92 Å². The van der Waals surface area contributed by atoms with Crippen molar-refractivity contribution in [3.05, 3.63) is 52.4 Å². The Bertz CT molecular complexity index is 601. The third-order valence-electron chi connectivity index (χ3n) is 3.18. The number of pyridine rings is 2. The topological polar surface area (TPSA) is 41.1 Å². The molecule has 0 aliphatic rings. The first-order valence-electron chi connectivity index (χ1n) is 7.10. The quantitative estimate of drug-likeness (QED) is 0.890. The lowest BCUT2D eigenvalue weighted by Crippen LogP contribution is -2.20. The molecule has 0 fully saturated rings. The van der Waals surface area contributed by atoms with Gasteiger partial charge in [-0.3, -0.25) is 4.98 Å². The van der Waals surface area contributed by atoms with E-state index in [4.69, 9.17) is 11.6 Å². The molecule has 2 heterocycles. The fourth-order valence-electron chi connectivity index (χ4n) is 2.06. The Kier molecular flexibility index (Phi) is 5.53. The van der Waals surface area contributed by atoms with Gasteiger partial charge in [0.25, 0.3) is 0 Å². The Labute approximate surface area is 131 Å². The highest BCUT2D eigenvalue weighted by molar-refractivity contribution is 6.31. The second-order valence-electron chi connectivity index (χ2n) is 5.00. The van der Waals surface area contributed by atoms with Crippen LogP contribution in [0.2, 0.25) is 5.02 Å². The molecule has 4 nitrogen and oxygen atoms in total. The SMILES string of the molecule is CCNCc1nc(N(C)Cc2cccc(C)n2)ccc1Cl. The fraction of sp³-hybridized carbons (Fsp3) is 0.375. The summed E-state index contributed by atoms with van der Waals surface area (Å²) in [5.41, 5.74) is 2.93. The molecular weight excluding hydrogens is 284 g/mol. The lowest BCUT2D eigenvalue weighted by Gasteiger charge is -2.19. The number of anilines is 1. The molecule has 5 heteroatoms. The highest BCUT2D eigenvalue weighted by Crippen LogP contribution is 2.19. The Morgan fingerprint density at radius 2 is 2.00 bits per heavy atom. The van der Waals surface area contributed by atoms with Gasteiger partial charge in [0.1, 0.15) is 5.82 Å². The van der Waals surface area contributed by atoms with Crippen LogP contribution >= 0.6 is 11.6 Å². The maximum Gasteiger partial charge on any atom is 0.129 e. The minimum absolute atomic E-state index is 0.680. The third kappa shape index (κ3) is 4.41. The zero-order chi connectivity index (χ0) is 15.2. The van der Waals surface area contributed by atoms with Gasteiger partial charge < -0.3 is 10.2 Å². The van der Waals surface area contributed by atoms with Gasteiger partial charge in [-0.05, 0) is 37.7 Å². The average Bonchev–Trinajstić information content (AvgIpc) is 2.46. The normalized spacial score (nSPS) is 10.7. The van der Waals surface area contributed by atoms with Gasteiger partial charge in [-0.15, -0.1) is 0 Å². The smallest absolute Gasteiger partial charge is 0.129 e. The van der Waals surface area contributed by atoms with Crippen molar-refractivity contribution in [2.45, 2.75) is 26.9 Å². The number of hydrogen-bond donors (Lipinski definition) is 1. The van der Waals surface area contributed by atoms with Gasteiger partial charge in [0.2, 0.25) is 0 Å². The largest absolute Gasteiger partial charge is 0.354 e. The molecule has 112 valence electrons. The maximum atomic E-state index is 6.18. The Morgan fingerprint density at radius 3 is 2.71 bits per heavy atom. The number of hydrogen-bond acceptors (Lipinski definition) is 4. The van der Waals surface area contributed by atoms with Crippen molar-refractivity contribution in [3.63, 3.8) is 0 Å². The first-order valence-corrected chi connectivity index (χ1v) is 7.47. The van der Waals surface area contributed by atoms with E-state index in [0.29, 0.717) is 11.6 Å². The second-order valence-corrected chi connectivity index (χ2v) is 5.41. The predicted octanol–water partition coefficient (Wildman–Crippen LogP) is 3.18. The van der Waals surface area contributed by atoms with Gasteiger partial charge in [0.15, 0.2) is 0 Å². The van der Waals surface area contributed by atoms with Gasteiger partial charge in [-0.1, -0.05) is 24.6 Å². The van der Waals surface area contributed by atoms with Crippen LogP contribution in [0.1, 0.15) is 24.0 Å². The van der Waals surface area contributed by atoms with Crippen LogP contribution in [0.15, 0.2) is 30.3 Å². The summed E-state index contributed by atoms with van der Waals surface area (Å²) >= 11 is 6.18. The van der Waals surface area contributed by atoms with Crippen molar-refractivity contribution in [2.75, 3.05) is 18.5 Å². The Morgan fingerprint density at radius 1 is 1.19 bits per heavy atom. The van der Waals surface area contributed by atoms with E-state index < -0.39 is 0 Å². The Hall–Kier alpha value is -1.65. The Balaban J connectivity index is 2.13. The summed E-state index contributed by atoms with van der Waals surface area (Å²) < 4.78 is 0. The molecule has 2 rings (SSSR count). The van der Waals surface area contributed by atoms with Crippen LogP contribution in [0.25, 0.3) is 0 Å². The molecule has 0 aromatic carbocycles. The van der Waals surface area contributed by atoms with Crippen molar-refractivity contribution < 1.29 is 0 Å². The van der Waals surface area contributed by atoms with Crippen LogP contribution in [-0.4, -0.2) is 23.6 Å². The van der Waals surface area contributed by atoms with Crippen LogP contribution in [0.5, 0.6) is 0 Å². The van der Waals surface area contributed by atoms with E-state index >= 15 is 0 Å². The predicted molar refractivity (Wildman–Crippen MR) is 87.7 cm³/mol. The molecule has 0 bridgehead atoms. The van der Waals surface area contributed by atoms with E-state index in [0.717, 1.165) is 36.0 Å². The monoisotopic (exact) mass is 304 g/mol. The molecule has 0 saturated carbocycles. The van der Waals surface area contributed by atoms with Crippen molar-refractivity contribution >= 4 is 17.4 Å². The van der Waals surface area contributed by atoms with Gasteiger partial charge in [0, 0.05) is 19.3 Å². The first kappa shape index (κ1) is 15.7. The second kappa shape index (κ2) is 7.38. The lowest BCUT2D eigenvalue weighted by molar-refractivity contribution is 0.708. The molecule has 0 radical (unpaired) electrons. The van der Waals surface area contributed by atoms with E-state index in [1.807, 2.05) is 44.3 Å². The number of aryl methyl sites for hydroxylation is 1. The number of rotatable bonds is 6. The van der Waals surface area contributed by atoms with Crippen LogP contribution < -0.4 is 10.2 Å². The number of halogens is 1. The zero-order valence-corrected chi connectivity index (χ0v) is 13.5.